The molecule has 1 aliphatic heterocycles. The van der Waals surface area contributed by atoms with Gasteiger partial charge in [0.05, 0.1) is 11.0 Å². The molecule has 112 valence electrons. The highest BCUT2D eigenvalue weighted by Gasteiger charge is 2.16. The van der Waals surface area contributed by atoms with Crippen molar-refractivity contribution in [2.75, 3.05) is 6.79 Å². The minimum absolute atomic E-state index is 0.268. The molecular weight excluding hydrogens is 280 g/mol. The molecule has 0 atom stereocenters. The first-order chi connectivity index (χ1) is 10.7. The van der Waals surface area contributed by atoms with Crippen molar-refractivity contribution in [1.29, 1.82) is 0 Å². The highest BCUT2D eigenvalue weighted by atomic mass is 16.7. The normalized spacial score (nSPS) is 12.8. The Hall–Kier alpha value is -2.69. The van der Waals surface area contributed by atoms with Crippen molar-refractivity contribution in [3.63, 3.8) is 0 Å². The van der Waals surface area contributed by atoms with Crippen molar-refractivity contribution in [2.45, 2.75) is 20.5 Å². The van der Waals surface area contributed by atoms with E-state index in [4.69, 9.17) is 14.2 Å². The zero-order chi connectivity index (χ0) is 15.1. The fraction of sp³-hybridized carbons (Fsp3) is 0.235. The number of fused-ring (bicyclic) bond motifs is 2. The van der Waals surface area contributed by atoms with Crippen LogP contribution >= 0.6 is 0 Å². The zero-order valence-corrected chi connectivity index (χ0v) is 12.5. The summed E-state index contributed by atoms with van der Waals surface area (Å²) in [4.78, 5) is 7.80. The van der Waals surface area contributed by atoms with Crippen molar-refractivity contribution < 1.29 is 14.2 Å². The summed E-state index contributed by atoms with van der Waals surface area (Å²) in [6, 6.07) is 9.96. The van der Waals surface area contributed by atoms with Crippen LogP contribution in [-0.2, 0) is 6.61 Å². The molecule has 0 saturated carbocycles. The molecule has 0 unspecified atom stereocenters. The van der Waals surface area contributed by atoms with Gasteiger partial charge in [-0.05, 0) is 31.0 Å². The molecule has 2 aromatic carbocycles. The minimum Gasteiger partial charge on any atom is -0.485 e. The van der Waals surface area contributed by atoms with Crippen molar-refractivity contribution in [2.24, 2.45) is 0 Å². The first-order valence-electron chi connectivity index (χ1n) is 7.17. The molecule has 0 radical (unpaired) electrons. The van der Waals surface area contributed by atoms with E-state index in [9.17, 15) is 0 Å². The van der Waals surface area contributed by atoms with Gasteiger partial charge < -0.3 is 19.2 Å². The highest BCUT2D eigenvalue weighted by molar-refractivity contribution is 5.80. The Labute approximate surface area is 127 Å². The third kappa shape index (κ3) is 2.24. The number of aromatic amines is 1. The number of ether oxygens (including phenoxy) is 3. The van der Waals surface area contributed by atoms with E-state index in [2.05, 4.69) is 29.0 Å². The number of rotatable bonds is 3. The van der Waals surface area contributed by atoms with Crippen molar-refractivity contribution >= 4 is 11.0 Å². The van der Waals surface area contributed by atoms with Crippen molar-refractivity contribution in [3.8, 4) is 17.2 Å². The van der Waals surface area contributed by atoms with Gasteiger partial charge in [-0.3, -0.25) is 0 Å². The summed E-state index contributed by atoms with van der Waals surface area (Å²) in [6.07, 6.45) is 0. The minimum atomic E-state index is 0.268. The Bertz CT molecular complexity index is 813. The summed E-state index contributed by atoms with van der Waals surface area (Å²) in [7, 11) is 0. The Morgan fingerprint density at radius 3 is 2.82 bits per heavy atom. The second kappa shape index (κ2) is 4.94. The average Bonchev–Trinajstić information content (AvgIpc) is 3.10. The van der Waals surface area contributed by atoms with Crippen LogP contribution in [0.5, 0.6) is 17.2 Å². The Kier molecular flexibility index (Phi) is 2.92. The second-order valence-electron chi connectivity index (χ2n) is 5.46. The van der Waals surface area contributed by atoms with E-state index in [0.29, 0.717) is 6.61 Å². The fourth-order valence-corrected chi connectivity index (χ4v) is 2.53. The monoisotopic (exact) mass is 296 g/mol. The molecule has 22 heavy (non-hydrogen) atoms. The SMILES string of the molecule is Cc1ccc(C)c(OCc2nc3cc4c(cc3[nH]2)OCO4)c1. The molecule has 0 spiro atoms. The lowest BCUT2D eigenvalue weighted by atomic mass is 10.1. The lowest BCUT2D eigenvalue weighted by Crippen LogP contribution is -1.99. The predicted octanol–water partition coefficient (Wildman–Crippen LogP) is 3.49. The molecule has 5 nitrogen and oxygen atoms in total. The quantitative estimate of drug-likeness (QED) is 0.804. The van der Waals surface area contributed by atoms with Crippen LogP contribution < -0.4 is 14.2 Å². The molecule has 1 aromatic heterocycles. The van der Waals surface area contributed by atoms with Gasteiger partial charge in [0.25, 0.3) is 0 Å². The van der Waals surface area contributed by atoms with Gasteiger partial charge in [-0.15, -0.1) is 0 Å². The third-order valence-electron chi connectivity index (χ3n) is 3.73. The van der Waals surface area contributed by atoms with Crippen molar-refractivity contribution in [3.05, 3.63) is 47.3 Å². The van der Waals surface area contributed by atoms with Crippen LogP contribution in [0.15, 0.2) is 30.3 Å². The van der Waals surface area contributed by atoms with Crippen LogP contribution in [-0.4, -0.2) is 16.8 Å². The Morgan fingerprint density at radius 2 is 1.95 bits per heavy atom. The number of nitrogens with one attached hydrogen (secondary N) is 1. The first-order valence-corrected chi connectivity index (χ1v) is 7.17. The fourth-order valence-electron chi connectivity index (χ4n) is 2.53. The molecule has 5 heteroatoms. The van der Waals surface area contributed by atoms with Crippen molar-refractivity contribution in [1.82, 2.24) is 9.97 Å². The van der Waals surface area contributed by atoms with Gasteiger partial charge in [0, 0.05) is 12.1 Å². The van der Waals surface area contributed by atoms with Gasteiger partial charge in [0.1, 0.15) is 18.2 Å². The van der Waals surface area contributed by atoms with E-state index >= 15 is 0 Å². The number of benzene rings is 2. The predicted molar refractivity (Wildman–Crippen MR) is 82.5 cm³/mol. The molecule has 1 aliphatic rings. The van der Waals surface area contributed by atoms with E-state index in [-0.39, 0.29) is 6.79 Å². The maximum atomic E-state index is 5.88. The summed E-state index contributed by atoms with van der Waals surface area (Å²) >= 11 is 0. The lowest BCUT2D eigenvalue weighted by Gasteiger charge is -2.08. The van der Waals surface area contributed by atoms with Gasteiger partial charge in [0.15, 0.2) is 11.5 Å². The van der Waals surface area contributed by atoms with Crippen LogP contribution in [0.25, 0.3) is 11.0 Å². The average molecular weight is 296 g/mol. The molecular formula is C17H16N2O3. The van der Waals surface area contributed by atoms with Crippen LogP contribution in [0.2, 0.25) is 0 Å². The van der Waals surface area contributed by atoms with Gasteiger partial charge in [-0.2, -0.15) is 0 Å². The largest absolute Gasteiger partial charge is 0.485 e. The zero-order valence-electron chi connectivity index (χ0n) is 12.5. The van der Waals surface area contributed by atoms with Gasteiger partial charge in [-0.25, -0.2) is 4.98 Å². The first kappa shape index (κ1) is 13.0. The van der Waals surface area contributed by atoms with Gasteiger partial charge in [0.2, 0.25) is 6.79 Å². The van der Waals surface area contributed by atoms with Crippen LogP contribution in [0.3, 0.4) is 0 Å². The molecule has 3 aromatic rings. The molecule has 0 bridgehead atoms. The Balaban J connectivity index is 1.58. The summed E-state index contributed by atoms with van der Waals surface area (Å²) in [5, 5.41) is 0. The number of nitrogens with zero attached hydrogens (tertiary/aromatic N) is 1. The summed E-state index contributed by atoms with van der Waals surface area (Å²) < 4.78 is 16.6. The molecule has 2 heterocycles. The third-order valence-corrected chi connectivity index (χ3v) is 3.73. The molecule has 0 saturated heterocycles. The van der Waals surface area contributed by atoms with Crippen LogP contribution in [0.1, 0.15) is 17.0 Å². The van der Waals surface area contributed by atoms with Crippen LogP contribution in [0, 0.1) is 13.8 Å². The summed E-state index contributed by atoms with van der Waals surface area (Å²) in [5.41, 5.74) is 4.06. The number of imidazole rings is 1. The lowest BCUT2D eigenvalue weighted by molar-refractivity contribution is 0.174. The number of aromatic nitrogens is 2. The summed E-state index contributed by atoms with van der Waals surface area (Å²) in [5.74, 6) is 3.15. The number of hydrogen-bond acceptors (Lipinski definition) is 4. The second-order valence-corrected chi connectivity index (χ2v) is 5.46. The van der Waals surface area contributed by atoms with E-state index in [1.54, 1.807) is 0 Å². The van der Waals surface area contributed by atoms with E-state index in [1.165, 1.54) is 5.56 Å². The standard InChI is InChI=1S/C17H16N2O3/c1-10-3-4-11(2)14(5-10)20-8-17-18-12-6-15-16(22-9-21-15)7-13(12)19-17/h3-7H,8-9H2,1-2H3,(H,18,19). The molecule has 1 N–H and O–H groups in total. The smallest absolute Gasteiger partial charge is 0.231 e. The van der Waals surface area contributed by atoms with E-state index in [1.807, 2.05) is 25.1 Å². The highest BCUT2D eigenvalue weighted by Crippen LogP contribution is 2.35. The molecule has 4 rings (SSSR count). The van der Waals surface area contributed by atoms with Gasteiger partial charge >= 0.3 is 0 Å². The number of hydrogen-bond donors (Lipinski definition) is 1. The molecule has 0 fully saturated rings. The topological polar surface area (TPSA) is 56.4 Å². The van der Waals surface area contributed by atoms with Crippen LogP contribution in [0.4, 0.5) is 0 Å². The number of H-pyrrole nitrogens is 1. The molecule has 0 aliphatic carbocycles. The maximum absolute atomic E-state index is 5.88. The van der Waals surface area contributed by atoms with E-state index < -0.39 is 0 Å². The Morgan fingerprint density at radius 1 is 1.14 bits per heavy atom. The maximum Gasteiger partial charge on any atom is 0.231 e. The summed E-state index contributed by atoms with van der Waals surface area (Å²) in [6.45, 7) is 4.75. The molecule has 0 amide bonds. The van der Waals surface area contributed by atoms with Gasteiger partial charge in [-0.1, -0.05) is 12.1 Å². The van der Waals surface area contributed by atoms with E-state index in [0.717, 1.165) is 39.7 Å². The number of aryl methyl sites for hydroxylation is 2.